The second kappa shape index (κ2) is 4.05. The topological polar surface area (TPSA) is 13.1 Å². The number of hydrogen-bond donors (Lipinski definition) is 0. The predicted molar refractivity (Wildman–Crippen MR) is 96.0 cm³/mol. The van der Waals surface area contributed by atoms with Gasteiger partial charge in [0, 0.05) is 21.8 Å². The van der Waals surface area contributed by atoms with E-state index < -0.39 is 0 Å². The Balaban J connectivity index is 2.01. The molecule has 1 heteroatoms. The fraction of sp³-hybridized carbons (Fsp3) is 0.182. The summed E-state index contributed by atoms with van der Waals surface area (Å²) in [6.45, 7) is 6.77. The van der Waals surface area contributed by atoms with E-state index in [0.29, 0.717) is 0 Å². The second-order valence-corrected chi connectivity index (χ2v) is 7.14. The monoisotopic (exact) mass is 298 g/mol. The van der Waals surface area contributed by atoms with Crippen molar-refractivity contribution < 1.29 is 4.42 Å². The van der Waals surface area contributed by atoms with E-state index in [1.165, 1.54) is 38.6 Å². The molecule has 0 aliphatic heterocycles. The van der Waals surface area contributed by atoms with E-state index in [2.05, 4.69) is 69.3 Å². The molecule has 1 heterocycles. The number of para-hydroxylation sites is 1. The summed E-state index contributed by atoms with van der Waals surface area (Å²) in [4.78, 5) is 0. The fourth-order valence-corrected chi connectivity index (χ4v) is 4.13. The van der Waals surface area contributed by atoms with E-state index in [1.807, 2.05) is 6.07 Å². The summed E-state index contributed by atoms with van der Waals surface area (Å²) >= 11 is 0. The molecule has 0 N–H and O–H groups in total. The van der Waals surface area contributed by atoms with Crippen LogP contribution in [-0.4, -0.2) is 0 Å². The Morgan fingerprint density at radius 1 is 0.826 bits per heavy atom. The smallest absolute Gasteiger partial charge is 0.143 e. The molecule has 5 rings (SSSR count). The first-order valence-corrected chi connectivity index (χ1v) is 8.13. The van der Waals surface area contributed by atoms with Crippen molar-refractivity contribution in [2.75, 3.05) is 0 Å². The lowest BCUT2D eigenvalue weighted by Gasteiger charge is -2.21. The summed E-state index contributed by atoms with van der Waals surface area (Å²) in [5, 5.41) is 2.41. The molecule has 0 spiro atoms. The average Bonchev–Trinajstić information content (AvgIpc) is 3.01. The molecule has 0 amide bonds. The molecule has 23 heavy (non-hydrogen) atoms. The zero-order valence-corrected chi connectivity index (χ0v) is 13.6. The first kappa shape index (κ1) is 13.0. The molecule has 4 aromatic rings. The molecule has 3 aromatic carbocycles. The van der Waals surface area contributed by atoms with Crippen LogP contribution in [0, 0.1) is 6.92 Å². The van der Waals surface area contributed by atoms with E-state index in [9.17, 15) is 0 Å². The maximum atomic E-state index is 6.29. The molecule has 1 aliphatic carbocycles. The van der Waals surface area contributed by atoms with Crippen LogP contribution in [0.4, 0.5) is 0 Å². The van der Waals surface area contributed by atoms with Crippen LogP contribution in [0.1, 0.15) is 30.5 Å². The predicted octanol–water partition coefficient (Wildman–Crippen LogP) is 6.20. The molecule has 0 bridgehead atoms. The van der Waals surface area contributed by atoms with Crippen LogP contribution < -0.4 is 0 Å². The van der Waals surface area contributed by atoms with Gasteiger partial charge in [-0.25, -0.2) is 0 Å². The quantitative estimate of drug-likeness (QED) is 0.376. The molecule has 0 fully saturated rings. The largest absolute Gasteiger partial charge is 0.455 e. The summed E-state index contributed by atoms with van der Waals surface area (Å²) in [6, 6.07) is 19.6. The van der Waals surface area contributed by atoms with Crippen LogP contribution in [-0.2, 0) is 5.41 Å². The van der Waals surface area contributed by atoms with Crippen molar-refractivity contribution in [1.29, 1.82) is 0 Å². The molecule has 0 unspecified atom stereocenters. The zero-order chi connectivity index (χ0) is 15.8. The summed E-state index contributed by atoms with van der Waals surface area (Å²) in [5.74, 6) is 0. The van der Waals surface area contributed by atoms with E-state index in [0.717, 1.165) is 11.2 Å². The van der Waals surface area contributed by atoms with Gasteiger partial charge in [-0.1, -0.05) is 67.9 Å². The zero-order valence-electron chi connectivity index (χ0n) is 13.6. The normalized spacial score (nSPS) is 15.1. The van der Waals surface area contributed by atoms with Crippen LogP contribution in [0.3, 0.4) is 0 Å². The average molecular weight is 298 g/mol. The highest BCUT2D eigenvalue weighted by Gasteiger charge is 2.37. The van der Waals surface area contributed by atoms with Crippen LogP contribution >= 0.6 is 0 Å². The molecule has 0 saturated heterocycles. The minimum Gasteiger partial charge on any atom is -0.455 e. The van der Waals surface area contributed by atoms with Crippen LogP contribution in [0.25, 0.3) is 33.1 Å². The van der Waals surface area contributed by atoms with Gasteiger partial charge in [0.15, 0.2) is 0 Å². The highest BCUT2D eigenvalue weighted by atomic mass is 16.3. The van der Waals surface area contributed by atoms with Crippen molar-refractivity contribution in [2.45, 2.75) is 26.2 Å². The standard InChI is InChI=1S/C22H18O/c1-13-8-10-17-16(12-13)20-18(22(17,2)3)11-9-15-14-6-4-5-7-19(14)23-21(15)20/h4-12H,1-3H3. The van der Waals surface area contributed by atoms with Crippen molar-refractivity contribution in [3.63, 3.8) is 0 Å². The summed E-state index contributed by atoms with van der Waals surface area (Å²) < 4.78 is 6.29. The van der Waals surface area contributed by atoms with Crippen molar-refractivity contribution in [2.24, 2.45) is 0 Å². The number of fused-ring (bicyclic) bond motifs is 7. The SMILES string of the molecule is Cc1ccc2c(c1)-c1c(ccc3c1oc1ccccc13)C2(C)C. The number of aryl methyl sites for hydroxylation is 1. The van der Waals surface area contributed by atoms with Gasteiger partial charge in [-0.15, -0.1) is 0 Å². The first-order chi connectivity index (χ1) is 11.1. The molecule has 0 atom stereocenters. The van der Waals surface area contributed by atoms with Crippen molar-refractivity contribution >= 4 is 21.9 Å². The molecular formula is C22H18O. The van der Waals surface area contributed by atoms with E-state index >= 15 is 0 Å². The third-order valence-electron chi connectivity index (χ3n) is 5.34. The van der Waals surface area contributed by atoms with Gasteiger partial charge in [-0.05, 0) is 29.7 Å². The summed E-state index contributed by atoms with van der Waals surface area (Å²) in [5.41, 5.74) is 8.68. The number of furan rings is 1. The lowest BCUT2D eigenvalue weighted by molar-refractivity contribution is 0.653. The number of rotatable bonds is 0. The van der Waals surface area contributed by atoms with Gasteiger partial charge in [0.25, 0.3) is 0 Å². The van der Waals surface area contributed by atoms with Crippen molar-refractivity contribution in [3.05, 3.63) is 71.3 Å². The van der Waals surface area contributed by atoms with Gasteiger partial charge >= 0.3 is 0 Å². The van der Waals surface area contributed by atoms with Gasteiger partial charge in [-0.3, -0.25) is 0 Å². The minimum atomic E-state index is 0.0194. The third-order valence-corrected chi connectivity index (χ3v) is 5.34. The highest BCUT2D eigenvalue weighted by Crippen LogP contribution is 2.52. The Kier molecular flexibility index (Phi) is 2.28. The molecule has 112 valence electrons. The Morgan fingerprint density at radius 3 is 2.48 bits per heavy atom. The van der Waals surface area contributed by atoms with E-state index in [1.54, 1.807) is 0 Å². The van der Waals surface area contributed by atoms with Gasteiger partial charge in [0.1, 0.15) is 11.2 Å². The van der Waals surface area contributed by atoms with Crippen LogP contribution in [0.2, 0.25) is 0 Å². The Bertz CT molecular complexity index is 1100. The second-order valence-electron chi connectivity index (χ2n) is 7.14. The Hall–Kier alpha value is -2.54. The van der Waals surface area contributed by atoms with Crippen LogP contribution in [0.15, 0.2) is 59.0 Å². The number of benzene rings is 3. The Labute approximate surface area is 135 Å². The highest BCUT2D eigenvalue weighted by molar-refractivity contribution is 6.11. The van der Waals surface area contributed by atoms with E-state index in [-0.39, 0.29) is 5.41 Å². The molecule has 0 saturated carbocycles. The van der Waals surface area contributed by atoms with Gasteiger partial charge in [0.2, 0.25) is 0 Å². The summed E-state index contributed by atoms with van der Waals surface area (Å²) in [7, 11) is 0. The van der Waals surface area contributed by atoms with Crippen molar-refractivity contribution in [3.8, 4) is 11.1 Å². The molecule has 0 radical (unpaired) electrons. The molecule has 1 aromatic heterocycles. The van der Waals surface area contributed by atoms with Gasteiger partial charge in [-0.2, -0.15) is 0 Å². The van der Waals surface area contributed by atoms with E-state index in [4.69, 9.17) is 4.42 Å². The van der Waals surface area contributed by atoms with Crippen LogP contribution in [0.5, 0.6) is 0 Å². The molecule has 1 aliphatic rings. The lowest BCUT2D eigenvalue weighted by Crippen LogP contribution is -2.14. The third kappa shape index (κ3) is 1.52. The first-order valence-electron chi connectivity index (χ1n) is 8.13. The molecule has 1 nitrogen and oxygen atoms in total. The number of hydrogen-bond acceptors (Lipinski definition) is 1. The van der Waals surface area contributed by atoms with Gasteiger partial charge < -0.3 is 4.42 Å². The van der Waals surface area contributed by atoms with Gasteiger partial charge in [0.05, 0.1) is 0 Å². The maximum absolute atomic E-state index is 6.29. The Morgan fingerprint density at radius 2 is 1.61 bits per heavy atom. The molecular weight excluding hydrogens is 280 g/mol. The lowest BCUT2D eigenvalue weighted by atomic mass is 9.82. The maximum Gasteiger partial charge on any atom is 0.143 e. The fourth-order valence-electron chi connectivity index (χ4n) is 4.13. The summed E-state index contributed by atoms with van der Waals surface area (Å²) in [6.07, 6.45) is 0. The van der Waals surface area contributed by atoms with Crippen molar-refractivity contribution in [1.82, 2.24) is 0 Å². The minimum absolute atomic E-state index is 0.0194.